The number of nitrogens with zero attached hydrogens (tertiary/aromatic N) is 1. The molecule has 108 valence electrons. The van der Waals surface area contributed by atoms with Crippen LogP contribution in [0.15, 0.2) is 18.2 Å². The molecule has 1 unspecified atom stereocenters. The van der Waals surface area contributed by atoms with Gasteiger partial charge in [-0.3, -0.25) is 4.79 Å². The average molecular weight is 272 g/mol. The smallest absolute Gasteiger partial charge is 0.223 e. The van der Waals surface area contributed by atoms with Crippen molar-refractivity contribution in [2.45, 2.75) is 44.9 Å². The Balaban J connectivity index is 2.15. The van der Waals surface area contributed by atoms with Crippen molar-refractivity contribution in [1.29, 1.82) is 0 Å². The van der Waals surface area contributed by atoms with Crippen LogP contribution < -0.4 is 10.2 Å². The number of aryl methyl sites for hydroxylation is 1. The van der Waals surface area contributed by atoms with E-state index in [1.165, 1.54) is 24.0 Å². The molecular weight excluding hydrogens is 248 g/mol. The Bertz CT molecular complexity index is 518. The highest BCUT2D eigenvalue weighted by Gasteiger charge is 2.40. The quantitative estimate of drug-likeness (QED) is 0.852. The fourth-order valence-corrected chi connectivity index (χ4v) is 3.81. The van der Waals surface area contributed by atoms with Crippen molar-refractivity contribution < 1.29 is 4.79 Å². The van der Waals surface area contributed by atoms with Gasteiger partial charge < -0.3 is 10.2 Å². The fourth-order valence-electron chi connectivity index (χ4n) is 3.81. The summed E-state index contributed by atoms with van der Waals surface area (Å²) in [5.74, 6) is 0.165. The zero-order valence-electron chi connectivity index (χ0n) is 12.5. The van der Waals surface area contributed by atoms with Gasteiger partial charge in [0.2, 0.25) is 5.91 Å². The molecule has 2 aliphatic rings. The zero-order chi connectivity index (χ0) is 14.2. The molecule has 0 saturated carbocycles. The predicted molar refractivity (Wildman–Crippen MR) is 82.2 cm³/mol. The summed E-state index contributed by atoms with van der Waals surface area (Å²) < 4.78 is 0. The SMILES string of the molecule is CCc1ccc2c(c1)C1(CCCN2C(C)=O)CCNC1. The van der Waals surface area contributed by atoms with Gasteiger partial charge >= 0.3 is 0 Å². The first-order chi connectivity index (χ1) is 9.66. The predicted octanol–water partition coefficient (Wildman–Crippen LogP) is 2.63. The van der Waals surface area contributed by atoms with E-state index in [0.29, 0.717) is 0 Å². The number of carbonyl (C=O) groups excluding carboxylic acids is 1. The Morgan fingerprint density at radius 1 is 1.40 bits per heavy atom. The number of anilines is 1. The second kappa shape index (κ2) is 5.21. The summed E-state index contributed by atoms with van der Waals surface area (Å²) in [6, 6.07) is 6.70. The van der Waals surface area contributed by atoms with Crippen LogP contribution in [0.1, 0.15) is 44.2 Å². The Morgan fingerprint density at radius 2 is 2.25 bits per heavy atom. The molecule has 2 aliphatic heterocycles. The van der Waals surface area contributed by atoms with E-state index >= 15 is 0 Å². The number of benzene rings is 1. The third-order valence-corrected chi connectivity index (χ3v) is 4.99. The van der Waals surface area contributed by atoms with Crippen LogP contribution >= 0.6 is 0 Å². The van der Waals surface area contributed by atoms with E-state index in [1.54, 1.807) is 6.92 Å². The van der Waals surface area contributed by atoms with Crippen molar-refractivity contribution in [3.63, 3.8) is 0 Å². The van der Waals surface area contributed by atoms with Crippen LogP contribution in [-0.2, 0) is 16.6 Å². The number of hydrogen-bond acceptors (Lipinski definition) is 2. The molecule has 1 aromatic rings. The Morgan fingerprint density at radius 3 is 2.90 bits per heavy atom. The minimum Gasteiger partial charge on any atom is -0.316 e. The summed E-state index contributed by atoms with van der Waals surface area (Å²) in [5, 5.41) is 3.53. The molecule has 0 bridgehead atoms. The standard InChI is InChI=1S/C17H24N2O/c1-3-14-5-6-16-15(11-14)17(8-9-18-12-17)7-4-10-19(16)13(2)20/h5-6,11,18H,3-4,7-10,12H2,1-2H3. The molecule has 1 atom stereocenters. The lowest BCUT2D eigenvalue weighted by Gasteiger charge is -2.30. The maximum absolute atomic E-state index is 12.0. The van der Waals surface area contributed by atoms with Gasteiger partial charge in [0, 0.05) is 31.1 Å². The van der Waals surface area contributed by atoms with Crippen molar-refractivity contribution in [3.05, 3.63) is 29.3 Å². The number of carbonyl (C=O) groups is 1. The molecule has 1 amide bonds. The number of hydrogen-bond donors (Lipinski definition) is 1. The summed E-state index contributed by atoms with van der Waals surface area (Å²) in [5.41, 5.74) is 4.16. The molecule has 0 aliphatic carbocycles. The van der Waals surface area contributed by atoms with E-state index in [4.69, 9.17) is 0 Å². The van der Waals surface area contributed by atoms with Crippen LogP contribution in [0.25, 0.3) is 0 Å². The highest BCUT2D eigenvalue weighted by Crippen LogP contribution is 2.43. The second-order valence-corrected chi connectivity index (χ2v) is 6.19. The van der Waals surface area contributed by atoms with E-state index in [0.717, 1.165) is 38.2 Å². The van der Waals surface area contributed by atoms with Crippen LogP contribution in [0.4, 0.5) is 5.69 Å². The minimum absolute atomic E-state index is 0.165. The molecule has 0 aromatic heterocycles. The largest absolute Gasteiger partial charge is 0.316 e. The van der Waals surface area contributed by atoms with Gasteiger partial charge in [-0.15, -0.1) is 0 Å². The molecule has 1 aromatic carbocycles. The molecule has 1 spiro atoms. The topological polar surface area (TPSA) is 32.3 Å². The third kappa shape index (κ3) is 2.14. The van der Waals surface area contributed by atoms with Crippen molar-refractivity contribution in [3.8, 4) is 0 Å². The Kier molecular flexibility index (Phi) is 3.55. The van der Waals surface area contributed by atoms with E-state index in [9.17, 15) is 4.79 Å². The Labute approximate surface area is 121 Å². The highest BCUT2D eigenvalue weighted by molar-refractivity contribution is 5.92. The first-order valence-electron chi connectivity index (χ1n) is 7.78. The normalized spacial score (nSPS) is 25.6. The van der Waals surface area contributed by atoms with Crippen LogP contribution in [0.2, 0.25) is 0 Å². The zero-order valence-corrected chi connectivity index (χ0v) is 12.5. The molecule has 20 heavy (non-hydrogen) atoms. The molecule has 1 N–H and O–H groups in total. The second-order valence-electron chi connectivity index (χ2n) is 6.19. The van der Waals surface area contributed by atoms with Crippen LogP contribution in [0, 0.1) is 0 Å². The van der Waals surface area contributed by atoms with Gasteiger partial charge in [-0.05, 0) is 49.4 Å². The van der Waals surface area contributed by atoms with Crippen LogP contribution in [0.3, 0.4) is 0 Å². The molecule has 3 rings (SSSR count). The Hall–Kier alpha value is -1.35. The molecule has 1 fully saturated rings. The van der Waals surface area contributed by atoms with Gasteiger partial charge in [0.15, 0.2) is 0 Å². The van der Waals surface area contributed by atoms with E-state index in [1.807, 2.05) is 4.90 Å². The first kappa shape index (κ1) is 13.6. The number of nitrogens with one attached hydrogen (secondary N) is 1. The first-order valence-corrected chi connectivity index (χ1v) is 7.78. The summed E-state index contributed by atoms with van der Waals surface area (Å²) in [6.07, 6.45) is 4.52. The summed E-state index contributed by atoms with van der Waals surface area (Å²) >= 11 is 0. The van der Waals surface area contributed by atoms with E-state index in [-0.39, 0.29) is 11.3 Å². The third-order valence-electron chi connectivity index (χ3n) is 4.99. The van der Waals surface area contributed by atoms with Crippen LogP contribution in [0.5, 0.6) is 0 Å². The molecule has 1 saturated heterocycles. The molecular formula is C17H24N2O. The number of rotatable bonds is 1. The lowest BCUT2D eigenvalue weighted by Crippen LogP contribution is -2.31. The summed E-state index contributed by atoms with van der Waals surface area (Å²) in [4.78, 5) is 14.0. The minimum atomic E-state index is 0.165. The van der Waals surface area contributed by atoms with E-state index in [2.05, 4.69) is 30.4 Å². The van der Waals surface area contributed by atoms with Crippen molar-refractivity contribution in [2.75, 3.05) is 24.5 Å². The molecule has 0 radical (unpaired) electrons. The maximum Gasteiger partial charge on any atom is 0.223 e. The highest BCUT2D eigenvalue weighted by atomic mass is 16.2. The summed E-state index contributed by atoms with van der Waals surface area (Å²) in [7, 11) is 0. The van der Waals surface area contributed by atoms with Gasteiger partial charge in [0.25, 0.3) is 0 Å². The van der Waals surface area contributed by atoms with E-state index < -0.39 is 0 Å². The number of amides is 1. The van der Waals surface area contributed by atoms with Gasteiger partial charge in [-0.2, -0.15) is 0 Å². The lowest BCUT2D eigenvalue weighted by atomic mass is 9.75. The van der Waals surface area contributed by atoms with Crippen molar-refractivity contribution >= 4 is 11.6 Å². The monoisotopic (exact) mass is 272 g/mol. The molecule has 2 heterocycles. The van der Waals surface area contributed by atoms with Gasteiger partial charge in [0.05, 0.1) is 0 Å². The maximum atomic E-state index is 12.0. The van der Waals surface area contributed by atoms with Gasteiger partial charge in [-0.25, -0.2) is 0 Å². The van der Waals surface area contributed by atoms with Gasteiger partial charge in [-0.1, -0.05) is 19.1 Å². The lowest BCUT2D eigenvalue weighted by molar-refractivity contribution is -0.116. The van der Waals surface area contributed by atoms with Crippen molar-refractivity contribution in [1.82, 2.24) is 5.32 Å². The molecule has 3 nitrogen and oxygen atoms in total. The summed E-state index contributed by atoms with van der Waals surface area (Å²) in [6.45, 7) is 6.88. The average Bonchev–Trinajstić information content (AvgIpc) is 2.86. The van der Waals surface area contributed by atoms with Crippen LogP contribution in [-0.4, -0.2) is 25.5 Å². The van der Waals surface area contributed by atoms with Gasteiger partial charge in [0.1, 0.15) is 0 Å². The molecule has 3 heteroatoms. The number of fused-ring (bicyclic) bond motifs is 2. The van der Waals surface area contributed by atoms with Crippen molar-refractivity contribution in [2.24, 2.45) is 0 Å². The fraction of sp³-hybridized carbons (Fsp3) is 0.588.